The summed E-state index contributed by atoms with van der Waals surface area (Å²) in [6, 6.07) is 23.3. The van der Waals surface area contributed by atoms with E-state index in [1.54, 1.807) is 14.2 Å². The summed E-state index contributed by atoms with van der Waals surface area (Å²) in [6.45, 7) is 5.56. The highest BCUT2D eigenvalue weighted by Gasteiger charge is 2.32. The molecule has 34 heavy (non-hydrogen) atoms. The number of hydrogen-bond donors (Lipinski definition) is 0. The van der Waals surface area contributed by atoms with Gasteiger partial charge in [-0.25, -0.2) is 0 Å². The van der Waals surface area contributed by atoms with E-state index in [1.807, 2.05) is 6.07 Å². The van der Waals surface area contributed by atoms with Gasteiger partial charge in [0.2, 0.25) is 0 Å². The number of fused-ring (bicyclic) bond motifs is 2. The molecule has 0 saturated carbocycles. The molecule has 1 saturated heterocycles. The molecule has 2 aliphatic heterocycles. The van der Waals surface area contributed by atoms with Crippen molar-refractivity contribution >= 4 is 6.08 Å². The number of ether oxygens (including phenoxy) is 3. The van der Waals surface area contributed by atoms with Crippen LogP contribution in [0.3, 0.4) is 0 Å². The van der Waals surface area contributed by atoms with Gasteiger partial charge in [-0.1, -0.05) is 66.7 Å². The van der Waals surface area contributed by atoms with Gasteiger partial charge >= 0.3 is 0 Å². The molecule has 3 aromatic rings. The van der Waals surface area contributed by atoms with Gasteiger partial charge in [-0.2, -0.15) is 0 Å². The minimum Gasteiger partial charge on any atom is -0.493 e. The van der Waals surface area contributed by atoms with E-state index in [9.17, 15) is 0 Å². The molecule has 0 spiro atoms. The summed E-state index contributed by atoms with van der Waals surface area (Å²) in [5.74, 6) is 2.30. The van der Waals surface area contributed by atoms with Gasteiger partial charge in [-0.05, 0) is 22.8 Å². The summed E-state index contributed by atoms with van der Waals surface area (Å²) < 4.78 is 17.5. The quantitative estimate of drug-likeness (QED) is 0.521. The van der Waals surface area contributed by atoms with E-state index in [4.69, 9.17) is 14.2 Å². The zero-order valence-corrected chi connectivity index (χ0v) is 19.9. The molecule has 5 nitrogen and oxygen atoms in total. The third-order valence-electron chi connectivity index (χ3n) is 6.79. The van der Waals surface area contributed by atoms with Gasteiger partial charge < -0.3 is 14.2 Å². The first-order valence-corrected chi connectivity index (χ1v) is 11.9. The first kappa shape index (κ1) is 22.5. The molecule has 5 rings (SSSR count). The van der Waals surface area contributed by atoms with Crippen LogP contribution in [-0.2, 0) is 6.61 Å². The molecule has 3 aromatic carbocycles. The van der Waals surface area contributed by atoms with Crippen LogP contribution in [0, 0.1) is 0 Å². The van der Waals surface area contributed by atoms with E-state index in [1.165, 1.54) is 16.7 Å². The van der Waals surface area contributed by atoms with Gasteiger partial charge in [-0.3, -0.25) is 9.80 Å². The molecule has 1 fully saturated rings. The second-order valence-corrected chi connectivity index (χ2v) is 8.78. The summed E-state index contributed by atoms with van der Waals surface area (Å²) >= 11 is 0. The van der Waals surface area contributed by atoms with Gasteiger partial charge in [0.05, 0.1) is 20.3 Å². The second-order valence-electron chi connectivity index (χ2n) is 8.78. The lowest BCUT2D eigenvalue weighted by Crippen LogP contribution is -2.47. The smallest absolute Gasteiger partial charge is 0.164 e. The van der Waals surface area contributed by atoms with Crippen molar-refractivity contribution in [3.05, 3.63) is 95.1 Å². The van der Waals surface area contributed by atoms with E-state index in [0.717, 1.165) is 49.8 Å². The lowest BCUT2D eigenvalue weighted by molar-refractivity contribution is 0.117. The highest BCUT2D eigenvalue weighted by Crippen LogP contribution is 2.44. The van der Waals surface area contributed by atoms with Crippen molar-refractivity contribution in [1.82, 2.24) is 9.80 Å². The Morgan fingerprint density at radius 2 is 1.56 bits per heavy atom. The van der Waals surface area contributed by atoms with Crippen LogP contribution >= 0.6 is 0 Å². The van der Waals surface area contributed by atoms with Crippen molar-refractivity contribution < 1.29 is 14.2 Å². The number of rotatable bonds is 6. The number of hydrogen-bond acceptors (Lipinski definition) is 5. The second kappa shape index (κ2) is 10.3. The molecule has 1 atom stereocenters. The third kappa shape index (κ3) is 4.67. The molecule has 5 heteroatoms. The monoisotopic (exact) mass is 456 g/mol. The van der Waals surface area contributed by atoms with E-state index in [2.05, 4.69) is 82.6 Å². The Balaban J connectivity index is 1.37. The van der Waals surface area contributed by atoms with Crippen LogP contribution in [-0.4, -0.2) is 56.7 Å². The fourth-order valence-corrected chi connectivity index (χ4v) is 4.97. The van der Waals surface area contributed by atoms with Crippen molar-refractivity contribution in [1.29, 1.82) is 0 Å². The van der Waals surface area contributed by atoms with E-state index >= 15 is 0 Å². The minimum absolute atomic E-state index is 0.121. The summed E-state index contributed by atoms with van der Waals surface area (Å²) in [7, 11) is 3.35. The fourth-order valence-electron chi connectivity index (χ4n) is 4.97. The standard InChI is InChI=1S/C29H32N2O3/c1-32-27-19-25-26(20-28(27)33-2)34-21-23-12-6-7-13-24(23)29(25)31-17-15-30(16-18-31)14-8-11-22-9-4-3-5-10-22/h3-13,19-20,29H,14-18,21H2,1-2H3/b11-8+. The van der Waals surface area contributed by atoms with Crippen LogP contribution in [0.15, 0.2) is 72.8 Å². The van der Waals surface area contributed by atoms with Crippen molar-refractivity contribution in [3.8, 4) is 17.2 Å². The number of benzene rings is 3. The van der Waals surface area contributed by atoms with E-state index in [0.29, 0.717) is 12.4 Å². The molecule has 0 N–H and O–H groups in total. The molecular weight excluding hydrogens is 424 g/mol. The SMILES string of the molecule is COc1cc2c(cc1OC)C(N1CCN(C/C=C/c3ccccc3)CC1)c1ccccc1CO2. The Morgan fingerprint density at radius 3 is 2.32 bits per heavy atom. The Labute approximate surface area is 202 Å². The Kier molecular flexibility index (Phi) is 6.84. The molecule has 0 radical (unpaired) electrons. The molecule has 2 heterocycles. The maximum atomic E-state index is 6.27. The summed E-state index contributed by atoms with van der Waals surface area (Å²) in [6.07, 6.45) is 4.48. The zero-order valence-electron chi connectivity index (χ0n) is 19.9. The largest absolute Gasteiger partial charge is 0.493 e. The summed E-state index contributed by atoms with van der Waals surface area (Å²) in [5, 5.41) is 0. The van der Waals surface area contributed by atoms with E-state index < -0.39 is 0 Å². The highest BCUT2D eigenvalue weighted by molar-refractivity contribution is 5.55. The maximum Gasteiger partial charge on any atom is 0.164 e. The van der Waals surface area contributed by atoms with Crippen molar-refractivity contribution in [2.75, 3.05) is 46.9 Å². The van der Waals surface area contributed by atoms with E-state index in [-0.39, 0.29) is 6.04 Å². The summed E-state index contributed by atoms with van der Waals surface area (Å²) in [4.78, 5) is 5.10. The number of nitrogens with zero attached hydrogens (tertiary/aromatic N) is 2. The van der Waals surface area contributed by atoms with Gasteiger partial charge in [0.1, 0.15) is 12.4 Å². The van der Waals surface area contributed by atoms with Crippen LogP contribution in [0.4, 0.5) is 0 Å². The minimum atomic E-state index is 0.121. The lowest BCUT2D eigenvalue weighted by Gasteiger charge is -2.39. The summed E-state index contributed by atoms with van der Waals surface area (Å²) in [5.41, 5.74) is 4.93. The Hall–Kier alpha value is -3.28. The lowest BCUT2D eigenvalue weighted by atomic mass is 9.92. The van der Waals surface area contributed by atoms with Gasteiger partial charge in [0.25, 0.3) is 0 Å². The van der Waals surface area contributed by atoms with Crippen LogP contribution in [0.2, 0.25) is 0 Å². The van der Waals surface area contributed by atoms with Gasteiger partial charge in [0.15, 0.2) is 11.5 Å². The molecule has 1 unspecified atom stereocenters. The normalized spacial score (nSPS) is 18.6. The van der Waals surface area contributed by atoms with Crippen molar-refractivity contribution in [2.24, 2.45) is 0 Å². The molecular formula is C29H32N2O3. The highest BCUT2D eigenvalue weighted by atomic mass is 16.5. The third-order valence-corrected chi connectivity index (χ3v) is 6.79. The number of piperazine rings is 1. The average Bonchev–Trinajstić information content (AvgIpc) is 3.05. The molecule has 0 bridgehead atoms. The predicted octanol–water partition coefficient (Wildman–Crippen LogP) is 5.02. The first-order chi connectivity index (χ1) is 16.8. The zero-order chi connectivity index (χ0) is 23.3. The van der Waals surface area contributed by atoms with Crippen molar-refractivity contribution in [3.63, 3.8) is 0 Å². The van der Waals surface area contributed by atoms with Crippen molar-refractivity contribution in [2.45, 2.75) is 12.6 Å². The van der Waals surface area contributed by atoms with Gasteiger partial charge in [0, 0.05) is 44.4 Å². The topological polar surface area (TPSA) is 34.2 Å². The van der Waals surface area contributed by atoms with Gasteiger partial charge in [-0.15, -0.1) is 0 Å². The van der Waals surface area contributed by atoms with Crippen LogP contribution in [0.25, 0.3) is 6.08 Å². The van der Waals surface area contributed by atoms with Crippen LogP contribution < -0.4 is 14.2 Å². The maximum absolute atomic E-state index is 6.27. The van der Waals surface area contributed by atoms with Crippen LogP contribution in [0.5, 0.6) is 17.2 Å². The Morgan fingerprint density at radius 1 is 0.853 bits per heavy atom. The molecule has 0 aliphatic carbocycles. The molecule has 0 amide bonds. The molecule has 0 aromatic heterocycles. The average molecular weight is 457 g/mol. The first-order valence-electron chi connectivity index (χ1n) is 11.9. The molecule has 2 aliphatic rings. The fraction of sp³-hybridized carbons (Fsp3) is 0.310. The van der Waals surface area contributed by atoms with Crippen LogP contribution in [0.1, 0.15) is 28.3 Å². The predicted molar refractivity (Wildman–Crippen MR) is 136 cm³/mol. The number of methoxy groups -OCH3 is 2. The molecule has 176 valence electrons. The Bertz CT molecular complexity index is 1140.